The average Bonchev–Trinajstić information content (AvgIpc) is 2.64. The van der Waals surface area contributed by atoms with Crippen LogP contribution in [-0.4, -0.2) is 42.2 Å². The van der Waals surface area contributed by atoms with E-state index in [2.05, 4.69) is 10.3 Å². The van der Waals surface area contributed by atoms with Crippen molar-refractivity contribution in [1.29, 1.82) is 0 Å². The van der Waals surface area contributed by atoms with Crippen molar-refractivity contribution in [2.24, 2.45) is 5.73 Å². The van der Waals surface area contributed by atoms with Gasteiger partial charge < -0.3 is 20.5 Å². The molecule has 0 bridgehead atoms. The predicted octanol–water partition coefficient (Wildman–Crippen LogP) is 1.46. The fourth-order valence-electron chi connectivity index (χ4n) is 2.84. The summed E-state index contributed by atoms with van der Waals surface area (Å²) < 4.78 is 11.5. The second kappa shape index (κ2) is 7.97. The Morgan fingerprint density at radius 2 is 2.04 bits per heavy atom. The van der Waals surface area contributed by atoms with E-state index in [0.717, 1.165) is 0 Å². The molecule has 136 valence electrons. The second-order valence-electron chi connectivity index (χ2n) is 6.12. The molecular formula is C19H21N3O4. The van der Waals surface area contributed by atoms with E-state index in [4.69, 9.17) is 15.2 Å². The van der Waals surface area contributed by atoms with Crippen LogP contribution in [0.3, 0.4) is 0 Å². The minimum absolute atomic E-state index is 0.180. The number of aryl methyl sites for hydroxylation is 1. The summed E-state index contributed by atoms with van der Waals surface area (Å²) >= 11 is 0. The van der Waals surface area contributed by atoms with Crippen LogP contribution in [0.4, 0.5) is 0 Å². The van der Waals surface area contributed by atoms with E-state index >= 15 is 0 Å². The summed E-state index contributed by atoms with van der Waals surface area (Å²) in [6.07, 6.45) is 1.97. The molecule has 0 saturated carbocycles. The lowest BCUT2D eigenvalue weighted by Gasteiger charge is -2.32. The molecule has 2 atom stereocenters. The number of benzene rings is 1. The van der Waals surface area contributed by atoms with Gasteiger partial charge in [0, 0.05) is 24.1 Å². The molecule has 1 aromatic carbocycles. The van der Waals surface area contributed by atoms with E-state index in [1.54, 1.807) is 49.5 Å². The molecule has 1 fully saturated rings. The van der Waals surface area contributed by atoms with Crippen LogP contribution in [-0.2, 0) is 4.74 Å². The summed E-state index contributed by atoms with van der Waals surface area (Å²) in [5.41, 5.74) is 6.87. The van der Waals surface area contributed by atoms with Crippen LogP contribution in [0.25, 0.3) is 0 Å². The van der Waals surface area contributed by atoms with Gasteiger partial charge in [-0.2, -0.15) is 0 Å². The number of carbonyl (C=O) groups excluding carboxylic acids is 2. The summed E-state index contributed by atoms with van der Waals surface area (Å²) in [5, 5.41) is 3.02. The molecule has 0 radical (unpaired) electrons. The third-order valence-corrected chi connectivity index (χ3v) is 4.30. The molecule has 7 heteroatoms. The van der Waals surface area contributed by atoms with Crippen LogP contribution < -0.4 is 15.8 Å². The first-order valence-electron chi connectivity index (χ1n) is 8.41. The van der Waals surface area contributed by atoms with Gasteiger partial charge in [-0.15, -0.1) is 0 Å². The number of nitrogens with two attached hydrogens (primary N) is 1. The normalized spacial score (nSPS) is 19.6. The summed E-state index contributed by atoms with van der Waals surface area (Å²) in [6, 6.07) is 9.86. The van der Waals surface area contributed by atoms with E-state index in [0.29, 0.717) is 42.2 Å². The Bertz CT molecular complexity index is 792. The van der Waals surface area contributed by atoms with Crippen LogP contribution in [0.1, 0.15) is 32.8 Å². The minimum Gasteiger partial charge on any atom is -0.486 e. The zero-order chi connectivity index (χ0) is 18.5. The number of primary amides is 1. The maximum Gasteiger partial charge on any atom is 0.253 e. The quantitative estimate of drug-likeness (QED) is 0.845. The molecule has 0 spiro atoms. The molecule has 1 aliphatic rings. The van der Waals surface area contributed by atoms with Crippen molar-refractivity contribution in [3.8, 4) is 5.75 Å². The Balaban J connectivity index is 1.68. The lowest BCUT2D eigenvalue weighted by molar-refractivity contribution is -0.0135. The zero-order valence-electron chi connectivity index (χ0n) is 14.5. The molecule has 2 heterocycles. The van der Waals surface area contributed by atoms with Crippen molar-refractivity contribution in [2.45, 2.75) is 25.5 Å². The number of nitrogens with one attached hydrogen (secondary N) is 1. The van der Waals surface area contributed by atoms with Gasteiger partial charge in [0.15, 0.2) is 0 Å². The molecule has 2 amide bonds. The van der Waals surface area contributed by atoms with E-state index in [1.165, 1.54) is 0 Å². The molecule has 1 saturated heterocycles. The molecule has 1 aromatic heterocycles. The highest BCUT2D eigenvalue weighted by Gasteiger charge is 2.29. The van der Waals surface area contributed by atoms with Crippen molar-refractivity contribution in [3.63, 3.8) is 0 Å². The molecule has 2 aromatic rings. The summed E-state index contributed by atoms with van der Waals surface area (Å²) in [7, 11) is 0. The first kappa shape index (κ1) is 17.9. The highest BCUT2D eigenvalue weighted by molar-refractivity contribution is 5.95. The Morgan fingerprint density at radius 1 is 1.27 bits per heavy atom. The van der Waals surface area contributed by atoms with Crippen molar-refractivity contribution in [3.05, 3.63) is 59.4 Å². The van der Waals surface area contributed by atoms with Gasteiger partial charge in [-0.25, -0.2) is 0 Å². The average molecular weight is 355 g/mol. The van der Waals surface area contributed by atoms with Crippen molar-refractivity contribution >= 4 is 11.8 Å². The summed E-state index contributed by atoms with van der Waals surface area (Å²) in [5.74, 6) is -0.0861. The second-order valence-corrected chi connectivity index (χ2v) is 6.12. The largest absolute Gasteiger partial charge is 0.486 e. The maximum absolute atomic E-state index is 12.6. The monoisotopic (exact) mass is 355 g/mol. The van der Waals surface area contributed by atoms with E-state index < -0.39 is 5.91 Å². The van der Waals surface area contributed by atoms with Crippen molar-refractivity contribution in [1.82, 2.24) is 10.3 Å². The molecular weight excluding hydrogens is 334 g/mol. The molecule has 3 rings (SSSR count). The van der Waals surface area contributed by atoms with Crippen LogP contribution >= 0.6 is 0 Å². The lowest BCUT2D eigenvalue weighted by atomic mass is 10.0. The molecule has 26 heavy (non-hydrogen) atoms. The summed E-state index contributed by atoms with van der Waals surface area (Å²) in [6.45, 7) is 2.72. The number of aromatic nitrogens is 1. The van der Waals surface area contributed by atoms with Gasteiger partial charge in [0.05, 0.1) is 18.2 Å². The number of rotatable bonds is 5. The first-order valence-corrected chi connectivity index (χ1v) is 8.41. The van der Waals surface area contributed by atoms with Gasteiger partial charge in [0.1, 0.15) is 11.9 Å². The summed E-state index contributed by atoms with van der Waals surface area (Å²) in [4.78, 5) is 27.8. The van der Waals surface area contributed by atoms with Gasteiger partial charge >= 0.3 is 0 Å². The highest BCUT2D eigenvalue weighted by Crippen LogP contribution is 2.19. The highest BCUT2D eigenvalue weighted by atomic mass is 16.5. The molecule has 3 N–H and O–H groups in total. The third-order valence-electron chi connectivity index (χ3n) is 4.30. The smallest absolute Gasteiger partial charge is 0.253 e. The number of carbonyl (C=O) groups is 2. The number of hydrogen-bond donors (Lipinski definition) is 2. The van der Waals surface area contributed by atoms with Gasteiger partial charge in [-0.1, -0.05) is 0 Å². The van der Waals surface area contributed by atoms with E-state index in [-0.39, 0.29) is 18.1 Å². The fourth-order valence-corrected chi connectivity index (χ4v) is 2.84. The van der Waals surface area contributed by atoms with Crippen molar-refractivity contribution in [2.75, 3.05) is 13.2 Å². The predicted molar refractivity (Wildman–Crippen MR) is 95.0 cm³/mol. The van der Waals surface area contributed by atoms with Crippen LogP contribution in [0, 0.1) is 6.92 Å². The van der Waals surface area contributed by atoms with E-state index in [1.807, 2.05) is 0 Å². The number of pyridine rings is 1. The molecule has 1 aliphatic heterocycles. The zero-order valence-corrected chi connectivity index (χ0v) is 14.5. The maximum atomic E-state index is 12.6. The first-order chi connectivity index (χ1) is 12.5. The van der Waals surface area contributed by atoms with Crippen LogP contribution in [0.5, 0.6) is 5.75 Å². The SMILES string of the molecule is Cc1ncccc1C(=O)N[C@@H]1CCOC[C@H]1Oc1ccc(C(N)=O)cc1. The van der Waals surface area contributed by atoms with Crippen LogP contribution in [0.15, 0.2) is 42.6 Å². The van der Waals surface area contributed by atoms with Gasteiger partial charge in [0.25, 0.3) is 5.91 Å². The number of hydrogen-bond acceptors (Lipinski definition) is 5. The number of nitrogens with zero attached hydrogens (tertiary/aromatic N) is 1. The molecule has 7 nitrogen and oxygen atoms in total. The fraction of sp³-hybridized carbons (Fsp3) is 0.316. The Labute approximate surface area is 151 Å². The molecule has 0 aliphatic carbocycles. The lowest BCUT2D eigenvalue weighted by Crippen LogP contribution is -2.51. The van der Waals surface area contributed by atoms with Gasteiger partial charge in [-0.3, -0.25) is 14.6 Å². The van der Waals surface area contributed by atoms with Crippen molar-refractivity contribution < 1.29 is 19.1 Å². The van der Waals surface area contributed by atoms with Gasteiger partial charge in [-0.05, 0) is 49.7 Å². The number of amides is 2. The van der Waals surface area contributed by atoms with Gasteiger partial charge in [0.2, 0.25) is 5.91 Å². The number of ether oxygens (including phenoxy) is 2. The Morgan fingerprint density at radius 3 is 2.73 bits per heavy atom. The van der Waals surface area contributed by atoms with Crippen LogP contribution in [0.2, 0.25) is 0 Å². The third kappa shape index (κ3) is 4.18. The minimum atomic E-state index is -0.491. The Kier molecular flexibility index (Phi) is 5.48. The van der Waals surface area contributed by atoms with E-state index in [9.17, 15) is 9.59 Å². The Hall–Kier alpha value is -2.93. The standard InChI is InChI=1S/C19H21N3O4/c1-12-15(3-2-9-21-12)19(24)22-16-8-10-25-11-17(16)26-14-6-4-13(5-7-14)18(20)23/h2-7,9,16-17H,8,10-11H2,1H3,(H2,20,23)(H,22,24)/t16-,17-/m1/s1. The molecule has 0 unspecified atom stereocenters. The topological polar surface area (TPSA) is 104 Å².